The average Bonchev–Trinajstić information content (AvgIpc) is 3.06. The molecule has 0 radical (unpaired) electrons. The van der Waals surface area contributed by atoms with E-state index in [2.05, 4.69) is 10.6 Å². The number of benzene rings is 3. The van der Waals surface area contributed by atoms with Crippen molar-refractivity contribution >= 4 is 41.0 Å². The molecule has 52 heavy (non-hydrogen) atoms. The first-order valence-electron chi connectivity index (χ1n) is 16.7. The van der Waals surface area contributed by atoms with Gasteiger partial charge in [-0.15, -0.1) is 0 Å². The number of carbonyl (C=O) groups excluding carboxylic acids is 5. The summed E-state index contributed by atoms with van der Waals surface area (Å²) in [6.45, 7) is 8.21. The minimum absolute atomic E-state index is 0.0424. The molecule has 13 heteroatoms. The Morgan fingerprint density at radius 3 is 2.02 bits per heavy atom. The number of Topliss-reactive ketones (excluding diaryl/α,β-unsaturated/α-hetero) is 3. The van der Waals surface area contributed by atoms with Crippen LogP contribution in [0.5, 0.6) is 5.75 Å². The number of hydrogen-bond donors (Lipinski definition) is 2. The first-order valence-corrected chi connectivity index (χ1v) is 17.1. The van der Waals surface area contributed by atoms with Crippen molar-refractivity contribution < 1.29 is 46.6 Å². The van der Waals surface area contributed by atoms with Gasteiger partial charge in [0.1, 0.15) is 17.4 Å². The zero-order chi connectivity index (χ0) is 38.8. The number of alkyl carbamates (subject to hydrolysis) is 1. The Balaban J connectivity index is 1.89. The highest BCUT2D eigenvalue weighted by Crippen LogP contribution is 2.31. The Morgan fingerprint density at radius 2 is 1.48 bits per heavy atom. The topological polar surface area (TPSA) is 128 Å². The van der Waals surface area contributed by atoms with Gasteiger partial charge in [-0.3, -0.25) is 19.2 Å². The number of methoxy groups -OCH3 is 1. The fourth-order valence-electron chi connectivity index (χ4n) is 5.43. The molecule has 2 amide bonds. The van der Waals surface area contributed by atoms with Crippen LogP contribution in [0, 0.1) is 17.8 Å². The maximum atomic E-state index is 14.1. The lowest BCUT2D eigenvalue weighted by Gasteiger charge is -2.26. The summed E-state index contributed by atoms with van der Waals surface area (Å²) in [6.07, 6.45) is -6.77. The van der Waals surface area contributed by atoms with Crippen LogP contribution in [0.4, 0.5) is 18.0 Å². The van der Waals surface area contributed by atoms with Crippen molar-refractivity contribution in [3.8, 4) is 5.75 Å². The molecule has 3 rings (SSSR count). The Bertz CT molecular complexity index is 1720. The molecule has 0 fully saturated rings. The van der Waals surface area contributed by atoms with Crippen molar-refractivity contribution in [2.24, 2.45) is 17.8 Å². The van der Waals surface area contributed by atoms with Gasteiger partial charge >= 0.3 is 12.3 Å². The number of hydrogen-bond acceptors (Lipinski definition) is 7. The van der Waals surface area contributed by atoms with Crippen molar-refractivity contribution in [2.45, 2.75) is 78.2 Å². The second-order valence-corrected chi connectivity index (χ2v) is 14.2. The van der Waals surface area contributed by atoms with E-state index in [0.29, 0.717) is 21.9 Å². The van der Waals surface area contributed by atoms with E-state index in [1.807, 2.05) is 0 Å². The summed E-state index contributed by atoms with van der Waals surface area (Å²) in [7, 11) is 1.43. The van der Waals surface area contributed by atoms with Gasteiger partial charge in [0, 0.05) is 41.8 Å². The highest BCUT2D eigenvalue weighted by molar-refractivity contribution is 6.30. The Hall–Kier alpha value is -4.71. The van der Waals surface area contributed by atoms with E-state index >= 15 is 0 Å². The molecule has 0 aliphatic carbocycles. The number of amides is 2. The van der Waals surface area contributed by atoms with Crippen LogP contribution in [0.2, 0.25) is 5.02 Å². The molecule has 0 bridgehead atoms. The number of carbonyl (C=O) groups is 5. The third kappa shape index (κ3) is 12.8. The largest absolute Gasteiger partial charge is 0.497 e. The maximum Gasteiger partial charge on any atom is 0.450 e. The van der Waals surface area contributed by atoms with Gasteiger partial charge in [-0.25, -0.2) is 4.79 Å². The van der Waals surface area contributed by atoms with Crippen LogP contribution < -0.4 is 15.4 Å². The molecule has 2 N–H and O–H groups in total. The fourth-order valence-corrected chi connectivity index (χ4v) is 5.64. The summed E-state index contributed by atoms with van der Waals surface area (Å²) in [5.74, 6) is -7.02. The van der Waals surface area contributed by atoms with E-state index in [4.69, 9.17) is 21.1 Å². The van der Waals surface area contributed by atoms with E-state index in [0.717, 1.165) is 0 Å². The molecule has 0 spiro atoms. The molecular formula is C39H44ClF3N2O7. The molecule has 3 aromatic carbocycles. The molecule has 9 nitrogen and oxygen atoms in total. The van der Waals surface area contributed by atoms with Crippen LogP contribution >= 0.6 is 11.6 Å². The number of ketones is 3. The molecule has 3 aromatic rings. The van der Waals surface area contributed by atoms with Crippen molar-refractivity contribution in [2.75, 3.05) is 7.11 Å². The van der Waals surface area contributed by atoms with Crippen molar-refractivity contribution in [3.05, 3.63) is 100 Å². The number of alkyl halides is 3. The van der Waals surface area contributed by atoms with Crippen molar-refractivity contribution in [1.82, 2.24) is 10.6 Å². The minimum Gasteiger partial charge on any atom is -0.497 e. The third-order valence-corrected chi connectivity index (χ3v) is 8.42. The molecule has 0 aromatic heterocycles. The number of rotatable bonds is 16. The van der Waals surface area contributed by atoms with Crippen LogP contribution in [0.3, 0.4) is 0 Å². The van der Waals surface area contributed by atoms with Gasteiger partial charge in [-0.1, -0.05) is 74.0 Å². The fraction of sp³-hybridized carbons (Fsp3) is 0.410. The summed E-state index contributed by atoms with van der Waals surface area (Å²) in [4.78, 5) is 65.7. The number of halogens is 4. The Morgan fingerprint density at radius 1 is 0.846 bits per heavy atom. The molecule has 280 valence electrons. The highest BCUT2D eigenvalue weighted by atomic mass is 35.5. The van der Waals surface area contributed by atoms with Gasteiger partial charge in [-0.2, -0.15) is 13.2 Å². The first kappa shape index (κ1) is 41.7. The van der Waals surface area contributed by atoms with E-state index in [1.54, 1.807) is 69.3 Å². The van der Waals surface area contributed by atoms with Gasteiger partial charge in [-0.05, 0) is 74.1 Å². The van der Waals surface area contributed by atoms with Crippen LogP contribution in [0.1, 0.15) is 80.6 Å². The van der Waals surface area contributed by atoms with Gasteiger partial charge in [0.15, 0.2) is 11.6 Å². The summed E-state index contributed by atoms with van der Waals surface area (Å²) in [5.41, 5.74) is 1.20. The normalized spacial score (nSPS) is 13.4. The molecule has 0 saturated carbocycles. The Labute approximate surface area is 306 Å². The molecule has 3 atom stereocenters. The first-order chi connectivity index (χ1) is 24.3. The van der Waals surface area contributed by atoms with Gasteiger partial charge in [0.05, 0.1) is 7.11 Å². The summed E-state index contributed by atoms with van der Waals surface area (Å²) >= 11 is 6.20. The number of ether oxygens (including phenoxy) is 2. The Kier molecular flexibility index (Phi) is 14.6. The highest BCUT2D eigenvalue weighted by Gasteiger charge is 2.45. The second-order valence-electron chi connectivity index (χ2n) is 13.8. The predicted molar refractivity (Wildman–Crippen MR) is 190 cm³/mol. The van der Waals surface area contributed by atoms with Gasteiger partial charge in [0.25, 0.3) is 0 Å². The molecule has 0 heterocycles. The average molecular weight is 745 g/mol. The lowest BCUT2D eigenvalue weighted by atomic mass is 9.84. The standard InChI is InChI=1S/C39H44ClF3N2O7/c1-23(2)31(35(48)39(41,42)43)21-33(47)34(27-14-16-30(51-6)17-15-27)45-36(49)28(18-25-8-7-9-29(40)19-25)20-32(46)26-12-10-24(11-13-26)22-44-37(50)52-38(3,4)5/h7-17,19,23,28,31,34H,18,20-22H2,1-6H3,(H,44,50)(H,45,49)/t28-,31+,34+/m1/s1. The zero-order valence-electron chi connectivity index (χ0n) is 29.9. The molecule has 0 unspecified atom stereocenters. The van der Waals surface area contributed by atoms with Crippen molar-refractivity contribution in [3.63, 3.8) is 0 Å². The SMILES string of the molecule is COc1ccc([C@H](NC(=O)[C@@H](CC(=O)c2ccc(CNC(=O)OC(C)(C)C)cc2)Cc2cccc(Cl)c2)C(=O)C[C@H](C(=O)C(F)(F)F)C(C)C)cc1. The van der Waals surface area contributed by atoms with Gasteiger partial charge in [0.2, 0.25) is 11.7 Å². The quantitative estimate of drug-likeness (QED) is 0.142. The smallest absolute Gasteiger partial charge is 0.450 e. The summed E-state index contributed by atoms with van der Waals surface area (Å²) < 4.78 is 50.8. The van der Waals surface area contributed by atoms with E-state index in [9.17, 15) is 37.1 Å². The summed E-state index contributed by atoms with van der Waals surface area (Å²) in [5, 5.41) is 5.72. The predicted octanol–water partition coefficient (Wildman–Crippen LogP) is 8.03. The zero-order valence-corrected chi connectivity index (χ0v) is 30.7. The second kappa shape index (κ2) is 18.2. The van der Waals surface area contributed by atoms with Gasteiger partial charge < -0.3 is 20.1 Å². The van der Waals surface area contributed by atoms with Crippen LogP contribution in [-0.2, 0) is 32.1 Å². The minimum atomic E-state index is -5.15. The molecular weight excluding hydrogens is 701 g/mol. The van der Waals surface area contributed by atoms with E-state index in [1.165, 1.54) is 45.2 Å². The summed E-state index contributed by atoms with van der Waals surface area (Å²) in [6, 6.07) is 17.8. The van der Waals surface area contributed by atoms with Crippen LogP contribution in [0.15, 0.2) is 72.8 Å². The lowest BCUT2D eigenvalue weighted by molar-refractivity contribution is -0.177. The molecule has 0 aliphatic heterocycles. The van der Waals surface area contributed by atoms with Crippen LogP contribution in [-0.4, -0.2) is 48.2 Å². The number of nitrogens with one attached hydrogen (secondary N) is 2. The molecule has 0 saturated heterocycles. The molecule has 0 aliphatic rings. The van der Waals surface area contributed by atoms with Crippen LogP contribution in [0.25, 0.3) is 0 Å². The lowest BCUT2D eigenvalue weighted by Crippen LogP contribution is -2.41. The monoisotopic (exact) mass is 744 g/mol. The third-order valence-electron chi connectivity index (χ3n) is 8.19. The van der Waals surface area contributed by atoms with E-state index in [-0.39, 0.29) is 30.5 Å². The van der Waals surface area contributed by atoms with Crippen molar-refractivity contribution in [1.29, 1.82) is 0 Å². The van der Waals surface area contributed by atoms with E-state index < -0.39 is 71.3 Å². The maximum absolute atomic E-state index is 14.1.